The Bertz CT molecular complexity index is 538. The van der Waals surface area contributed by atoms with Crippen LogP contribution in [-0.2, 0) is 0 Å². The summed E-state index contributed by atoms with van der Waals surface area (Å²) in [5, 5.41) is 13.1. The number of hydrogen-bond acceptors (Lipinski definition) is 5. The molecule has 1 fully saturated rings. The Morgan fingerprint density at radius 3 is 2.70 bits per heavy atom. The van der Waals surface area contributed by atoms with Crippen LogP contribution >= 0.6 is 11.6 Å². The molecule has 1 atom stereocenters. The van der Waals surface area contributed by atoms with Gasteiger partial charge in [-0.3, -0.25) is 4.90 Å². The maximum atomic E-state index is 9.12. The standard InChI is InChI=1S/C14H16ClN3O2/c15-11-8-14-13(19-9-20-14)7-10(11)12(1-2-16)18-5-3-17-4-6-18/h7-8,12,17H,1,3-6,9H2/t12-/m1/s1. The Labute approximate surface area is 123 Å². The monoisotopic (exact) mass is 293 g/mol. The highest BCUT2D eigenvalue weighted by atomic mass is 35.5. The minimum absolute atomic E-state index is 0.00380. The molecular formula is C14H16ClN3O2. The number of fused-ring (bicyclic) bond motifs is 1. The van der Waals surface area contributed by atoms with E-state index >= 15 is 0 Å². The smallest absolute Gasteiger partial charge is 0.231 e. The lowest BCUT2D eigenvalue weighted by atomic mass is 10.0. The van der Waals surface area contributed by atoms with Gasteiger partial charge in [0.05, 0.1) is 12.5 Å². The Balaban J connectivity index is 1.92. The van der Waals surface area contributed by atoms with Crippen LogP contribution in [0.1, 0.15) is 18.0 Å². The fourth-order valence-electron chi connectivity index (χ4n) is 2.70. The van der Waals surface area contributed by atoms with Crippen molar-refractivity contribution >= 4 is 11.6 Å². The van der Waals surface area contributed by atoms with Crippen LogP contribution in [0.5, 0.6) is 11.5 Å². The van der Waals surface area contributed by atoms with E-state index in [9.17, 15) is 0 Å². The van der Waals surface area contributed by atoms with Gasteiger partial charge in [-0.2, -0.15) is 5.26 Å². The van der Waals surface area contributed by atoms with Gasteiger partial charge in [0.15, 0.2) is 11.5 Å². The van der Waals surface area contributed by atoms with E-state index in [1.165, 1.54) is 0 Å². The SMILES string of the molecule is N#CC[C@H](c1cc2c(cc1Cl)OCO2)N1CCNCC1. The molecule has 0 spiro atoms. The number of nitriles is 1. The van der Waals surface area contributed by atoms with E-state index in [0.717, 1.165) is 31.7 Å². The average molecular weight is 294 g/mol. The average Bonchev–Trinajstić information content (AvgIpc) is 2.92. The van der Waals surface area contributed by atoms with Crippen LogP contribution in [0.25, 0.3) is 0 Å². The Hall–Kier alpha value is -1.48. The van der Waals surface area contributed by atoms with E-state index in [1.807, 2.05) is 6.07 Å². The molecule has 106 valence electrons. The molecule has 1 N–H and O–H groups in total. The molecule has 20 heavy (non-hydrogen) atoms. The number of rotatable bonds is 3. The lowest BCUT2D eigenvalue weighted by Crippen LogP contribution is -2.45. The largest absolute Gasteiger partial charge is 0.454 e. The van der Waals surface area contributed by atoms with Gasteiger partial charge in [0.2, 0.25) is 6.79 Å². The van der Waals surface area contributed by atoms with Crippen LogP contribution < -0.4 is 14.8 Å². The molecule has 0 amide bonds. The molecule has 0 unspecified atom stereocenters. The molecule has 0 bridgehead atoms. The zero-order valence-electron chi connectivity index (χ0n) is 11.1. The van der Waals surface area contributed by atoms with Crippen LogP contribution in [0.3, 0.4) is 0 Å². The number of nitrogens with one attached hydrogen (secondary N) is 1. The van der Waals surface area contributed by atoms with Crippen molar-refractivity contribution in [1.29, 1.82) is 5.26 Å². The van der Waals surface area contributed by atoms with Gasteiger partial charge in [-0.25, -0.2) is 0 Å². The van der Waals surface area contributed by atoms with Crippen LogP contribution in [0, 0.1) is 11.3 Å². The molecule has 3 rings (SSSR count). The van der Waals surface area contributed by atoms with E-state index in [0.29, 0.717) is 22.9 Å². The van der Waals surface area contributed by atoms with Gasteiger partial charge in [-0.15, -0.1) is 0 Å². The second-order valence-corrected chi connectivity index (χ2v) is 5.30. The summed E-state index contributed by atoms with van der Waals surface area (Å²) < 4.78 is 10.7. The van der Waals surface area contributed by atoms with E-state index < -0.39 is 0 Å². The van der Waals surface area contributed by atoms with Crippen molar-refractivity contribution in [2.45, 2.75) is 12.5 Å². The van der Waals surface area contributed by atoms with E-state index in [1.54, 1.807) is 6.07 Å². The fraction of sp³-hybridized carbons (Fsp3) is 0.500. The van der Waals surface area contributed by atoms with Crippen molar-refractivity contribution in [1.82, 2.24) is 10.2 Å². The number of hydrogen-bond donors (Lipinski definition) is 1. The molecule has 0 aliphatic carbocycles. The lowest BCUT2D eigenvalue weighted by Gasteiger charge is -2.34. The summed E-state index contributed by atoms with van der Waals surface area (Å²) in [6.07, 6.45) is 0.416. The maximum absolute atomic E-state index is 9.12. The highest BCUT2D eigenvalue weighted by molar-refractivity contribution is 6.31. The molecule has 1 saturated heterocycles. The molecule has 0 saturated carbocycles. The summed E-state index contributed by atoms with van der Waals surface area (Å²) in [7, 11) is 0. The van der Waals surface area contributed by atoms with Gasteiger partial charge >= 0.3 is 0 Å². The van der Waals surface area contributed by atoms with E-state index in [-0.39, 0.29) is 12.8 Å². The highest BCUT2D eigenvalue weighted by Crippen LogP contribution is 2.41. The van der Waals surface area contributed by atoms with Gasteiger partial charge < -0.3 is 14.8 Å². The second kappa shape index (κ2) is 5.88. The molecule has 0 aromatic heterocycles. The van der Waals surface area contributed by atoms with Gasteiger partial charge in [0.25, 0.3) is 0 Å². The summed E-state index contributed by atoms with van der Waals surface area (Å²) in [5.74, 6) is 1.39. The number of ether oxygens (including phenoxy) is 2. The van der Waals surface area contributed by atoms with Gasteiger partial charge in [0.1, 0.15) is 0 Å². The molecule has 5 nitrogen and oxygen atoms in total. The van der Waals surface area contributed by atoms with Crippen molar-refractivity contribution in [3.63, 3.8) is 0 Å². The molecule has 6 heteroatoms. The molecular weight excluding hydrogens is 278 g/mol. The summed E-state index contributed by atoms with van der Waals surface area (Å²) in [6, 6.07) is 5.96. The van der Waals surface area contributed by atoms with Crippen molar-refractivity contribution in [2.75, 3.05) is 33.0 Å². The van der Waals surface area contributed by atoms with Crippen molar-refractivity contribution in [3.8, 4) is 17.6 Å². The molecule has 1 aromatic rings. The molecule has 2 aliphatic rings. The maximum Gasteiger partial charge on any atom is 0.231 e. The number of nitrogens with zero attached hydrogens (tertiary/aromatic N) is 2. The second-order valence-electron chi connectivity index (χ2n) is 4.89. The predicted octanol–water partition coefficient (Wildman–Crippen LogP) is 1.93. The normalized spacial score (nSPS) is 19.6. The summed E-state index contributed by atoms with van der Waals surface area (Å²) in [4.78, 5) is 2.29. The molecule has 0 radical (unpaired) electrons. The van der Waals surface area contributed by atoms with Crippen molar-refractivity contribution in [2.24, 2.45) is 0 Å². The lowest BCUT2D eigenvalue weighted by molar-refractivity contribution is 0.171. The Morgan fingerprint density at radius 2 is 2.00 bits per heavy atom. The third kappa shape index (κ3) is 2.55. The van der Waals surface area contributed by atoms with E-state index in [2.05, 4.69) is 16.3 Å². The third-order valence-corrected chi connectivity index (χ3v) is 4.06. The first-order valence-electron chi connectivity index (χ1n) is 6.70. The van der Waals surface area contributed by atoms with E-state index in [4.69, 9.17) is 26.3 Å². The predicted molar refractivity (Wildman–Crippen MR) is 75.0 cm³/mol. The van der Waals surface area contributed by atoms with Gasteiger partial charge in [0, 0.05) is 43.3 Å². The highest BCUT2D eigenvalue weighted by Gasteiger charge is 2.26. The summed E-state index contributed by atoms with van der Waals surface area (Å²) in [5.41, 5.74) is 0.944. The number of piperazine rings is 1. The first-order valence-corrected chi connectivity index (χ1v) is 7.08. The molecule has 1 aromatic carbocycles. The van der Waals surface area contributed by atoms with Crippen LogP contribution in [-0.4, -0.2) is 37.9 Å². The van der Waals surface area contributed by atoms with Crippen LogP contribution in [0.2, 0.25) is 5.02 Å². The first-order chi connectivity index (χ1) is 9.79. The zero-order chi connectivity index (χ0) is 13.9. The van der Waals surface area contributed by atoms with Crippen molar-refractivity contribution in [3.05, 3.63) is 22.7 Å². The number of halogens is 1. The van der Waals surface area contributed by atoms with Crippen molar-refractivity contribution < 1.29 is 9.47 Å². The number of benzene rings is 1. The zero-order valence-corrected chi connectivity index (χ0v) is 11.8. The minimum atomic E-state index is 0.00380. The Kier molecular flexibility index (Phi) is 3.97. The Morgan fingerprint density at radius 1 is 1.30 bits per heavy atom. The van der Waals surface area contributed by atoms with Crippen LogP contribution in [0.4, 0.5) is 0 Å². The fourth-order valence-corrected chi connectivity index (χ4v) is 2.98. The quantitative estimate of drug-likeness (QED) is 0.923. The summed E-state index contributed by atoms with van der Waals surface area (Å²) >= 11 is 6.37. The topological polar surface area (TPSA) is 57.5 Å². The van der Waals surface area contributed by atoms with Crippen LogP contribution in [0.15, 0.2) is 12.1 Å². The third-order valence-electron chi connectivity index (χ3n) is 3.73. The summed E-state index contributed by atoms with van der Waals surface area (Å²) in [6.45, 7) is 3.92. The molecule has 2 heterocycles. The minimum Gasteiger partial charge on any atom is -0.454 e. The van der Waals surface area contributed by atoms with Gasteiger partial charge in [-0.1, -0.05) is 11.6 Å². The molecule has 2 aliphatic heterocycles. The van der Waals surface area contributed by atoms with Gasteiger partial charge in [-0.05, 0) is 11.6 Å². The first kappa shape index (κ1) is 13.5.